The Morgan fingerprint density at radius 1 is 1.18 bits per heavy atom. The second-order valence-corrected chi connectivity index (χ2v) is 9.54. The Labute approximate surface area is 166 Å². The van der Waals surface area contributed by atoms with Crippen LogP contribution < -0.4 is 10.1 Å². The van der Waals surface area contributed by atoms with Gasteiger partial charge in [0.15, 0.2) is 5.72 Å². The molecule has 4 fully saturated rings. The number of carbonyl (C=O) groups is 2. The maximum Gasteiger partial charge on any atom is 0.258 e. The molecule has 2 amide bonds. The number of para-hydroxylation sites is 1. The lowest BCUT2D eigenvalue weighted by molar-refractivity contribution is -0.174. The third-order valence-corrected chi connectivity index (χ3v) is 7.72. The second-order valence-electron chi connectivity index (χ2n) is 9.54. The van der Waals surface area contributed by atoms with Gasteiger partial charge in [-0.05, 0) is 49.7 Å². The molecular weight excluding hydrogens is 352 g/mol. The molecule has 2 bridgehead atoms. The van der Waals surface area contributed by atoms with Crippen molar-refractivity contribution in [1.82, 2.24) is 10.2 Å². The summed E-state index contributed by atoms with van der Waals surface area (Å²) in [5.41, 5.74) is -0.178. The maximum atomic E-state index is 13.4. The molecule has 0 unspecified atom stereocenters. The molecule has 5 aliphatic rings. The number of likely N-dealkylation sites (tertiary alicyclic amines) is 1. The summed E-state index contributed by atoms with van der Waals surface area (Å²) in [6, 6.07) is 7.48. The van der Waals surface area contributed by atoms with E-state index in [0.717, 1.165) is 51.6 Å². The zero-order valence-corrected chi connectivity index (χ0v) is 16.7. The van der Waals surface area contributed by atoms with Gasteiger partial charge in [-0.2, -0.15) is 0 Å². The van der Waals surface area contributed by atoms with Crippen molar-refractivity contribution in [2.45, 2.75) is 64.0 Å². The van der Waals surface area contributed by atoms with Gasteiger partial charge in [-0.25, -0.2) is 0 Å². The molecule has 0 radical (unpaired) electrons. The lowest BCUT2D eigenvalue weighted by atomic mass is 9.52. The number of nitrogens with one attached hydrogen (secondary N) is 1. The summed E-state index contributed by atoms with van der Waals surface area (Å²) >= 11 is 0. The Morgan fingerprint density at radius 2 is 1.93 bits per heavy atom. The van der Waals surface area contributed by atoms with Gasteiger partial charge in [0.25, 0.3) is 5.91 Å². The maximum absolute atomic E-state index is 13.4. The van der Waals surface area contributed by atoms with Crippen LogP contribution >= 0.6 is 0 Å². The molecular formula is C23H30N2O3. The first-order valence-corrected chi connectivity index (χ1v) is 10.9. The molecule has 1 aromatic carbocycles. The van der Waals surface area contributed by atoms with Crippen LogP contribution in [0, 0.1) is 17.3 Å². The molecule has 150 valence electrons. The highest BCUT2D eigenvalue weighted by Crippen LogP contribution is 2.59. The molecule has 2 heterocycles. The number of benzene rings is 1. The van der Waals surface area contributed by atoms with Crippen LogP contribution in [-0.4, -0.2) is 35.5 Å². The molecule has 3 aliphatic carbocycles. The van der Waals surface area contributed by atoms with Crippen molar-refractivity contribution in [2.75, 3.05) is 13.1 Å². The molecule has 4 atom stereocenters. The normalized spacial score (nSPS) is 37.0. The van der Waals surface area contributed by atoms with Crippen LogP contribution in [0.1, 0.15) is 68.6 Å². The summed E-state index contributed by atoms with van der Waals surface area (Å²) in [6.45, 7) is 4.05. The van der Waals surface area contributed by atoms with Crippen molar-refractivity contribution in [1.29, 1.82) is 0 Å². The van der Waals surface area contributed by atoms with Gasteiger partial charge in [-0.15, -0.1) is 0 Å². The Bertz CT molecular complexity index is 801. The molecule has 3 saturated carbocycles. The summed E-state index contributed by atoms with van der Waals surface area (Å²) in [5.74, 6) is 1.21. The minimum absolute atomic E-state index is 0.0478. The van der Waals surface area contributed by atoms with E-state index in [4.69, 9.17) is 4.74 Å². The van der Waals surface area contributed by atoms with Crippen molar-refractivity contribution in [3.63, 3.8) is 0 Å². The van der Waals surface area contributed by atoms with Crippen LogP contribution in [0.4, 0.5) is 0 Å². The number of fused-ring (bicyclic) bond motifs is 3. The monoisotopic (exact) mass is 382 g/mol. The summed E-state index contributed by atoms with van der Waals surface area (Å²) < 4.78 is 6.47. The van der Waals surface area contributed by atoms with Crippen molar-refractivity contribution in [3.05, 3.63) is 29.8 Å². The molecule has 1 aromatic rings. The van der Waals surface area contributed by atoms with Crippen molar-refractivity contribution in [2.24, 2.45) is 17.3 Å². The number of amides is 2. The van der Waals surface area contributed by atoms with Crippen LogP contribution in [0.25, 0.3) is 0 Å². The second kappa shape index (κ2) is 6.50. The summed E-state index contributed by atoms with van der Waals surface area (Å²) in [6.07, 6.45) is 8.28. The van der Waals surface area contributed by atoms with E-state index >= 15 is 0 Å². The fourth-order valence-corrected chi connectivity index (χ4v) is 6.14. The van der Waals surface area contributed by atoms with E-state index in [2.05, 4.69) is 17.1 Å². The smallest absolute Gasteiger partial charge is 0.258 e. The molecule has 1 N–H and O–H groups in total. The van der Waals surface area contributed by atoms with Gasteiger partial charge in [-0.3, -0.25) is 9.59 Å². The zero-order valence-electron chi connectivity index (χ0n) is 16.7. The van der Waals surface area contributed by atoms with Gasteiger partial charge in [-0.1, -0.05) is 31.9 Å². The zero-order chi connectivity index (χ0) is 19.4. The van der Waals surface area contributed by atoms with Gasteiger partial charge in [0.2, 0.25) is 5.91 Å². The molecule has 28 heavy (non-hydrogen) atoms. The molecule has 1 saturated heterocycles. The molecule has 0 aromatic heterocycles. The molecule has 1 spiro atoms. The summed E-state index contributed by atoms with van der Waals surface area (Å²) in [7, 11) is 0. The lowest BCUT2D eigenvalue weighted by Crippen LogP contribution is -2.69. The number of hydrogen-bond acceptors (Lipinski definition) is 3. The highest BCUT2D eigenvalue weighted by Gasteiger charge is 2.62. The van der Waals surface area contributed by atoms with E-state index < -0.39 is 5.72 Å². The van der Waals surface area contributed by atoms with Crippen LogP contribution in [0.5, 0.6) is 5.75 Å². The summed E-state index contributed by atoms with van der Waals surface area (Å²) in [4.78, 5) is 28.3. The fourth-order valence-electron chi connectivity index (χ4n) is 6.14. The Morgan fingerprint density at radius 3 is 2.68 bits per heavy atom. The third kappa shape index (κ3) is 2.73. The third-order valence-electron chi connectivity index (χ3n) is 7.72. The average Bonchev–Trinajstić information content (AvgIpc) is 2.96. The largest absolute Gasteiger partial charge is 0.467 e. The van der Waals surface area contributed by atoms with E-state index in [1.807, 2.05) is 24.3 Å². The van der Waals surface area contributed by atoms with E-state index in [9.17, 15) is 9.59 Å². The average molecular weight is 383 g/mol. The van der Waals surface area contributed by atoms with E-state index in [-0.39, 0.29) is 23.2 Å². The number of ether oxygens (including phenoxy) is 1. The first-order valence-electron chi connectivity index (χ1n) is 10.9. The van der Waals surface area contributed by atoms with Gasteiger partial charge in [0.05, 0.1) is 5.56 Å². The predicted octanol–water partition coefficient (Wildman–Crippen LogP) is 3.73. The van der Waals surface area contributed by atoms with Crippen molar-refractivity contribution < 1.29 is 14.3 Å². The first-order chi connectivity index (χ1) is 13.5. The van der Waals surface area contributed by atoms with Gasteiger partial charge in [0.1, 0.15) is 5.75 Å². The van der Waals surface area contributed by atoms with Crippen LogP contribution in [0.3, 0.4) is 0 Å². The quantitative estimate of drug-likeness (QED) is 0.805. The SMILES string of the molecule is C[C@@]12CC[C@@H](C[C@@H]1C(=O)N1CCCCCC1)[C@]1(C2)NC(=O)c2ccccc2O1. The first kappa shape index (κ1) is 18.0. The standard InChI is InChI=1S/C23H30N2O3/c1-22-11-10-16(14-18(22)21(27)25-12-6-2-3-7-13-25)23(15-22)24-20(26)17-8-4-5-9-19(17)28-23/h4-5,8-9,16,18H,2-3,6-7,10-15H2,1H3,(H,24,26)/t16-,18+,22-,23+/m0/s1. The van der Waals surface area contributed by atoms with Gasteiger partial charge >= 0.3 is 0 Å². The highest BCUT2D eigenvalue weighted by atomic mass is 16.5. The Kier molecular flexibility index (Phi) is 4.18. The fraction of sp³-hybridized carbons (Fsp3) is 0.652. The number of rotatable bonds is 1. The van der Waals surface area contributed by atoms with Crippen LogP contribution in [-0.2, 0) is 4.79 Å². The molecule has 2 aliphatic heterocycles. The minimum Gasteiger partial charge on any atom is -0.467 e. The van der Waals surface area contributed by atoms with E-state index in [1.165, 1.54) is 12.8 Å². The lowest BCUT2D eigenvalue weighted by Gasteiger charge is -2.60. The van der Waals surface area contributed by atoms with Gasteiger partial charge < -0.3 is 15.0 Å². The minimum atomic E-state index is -0.659. The van der Waals surface area contributed by atoms with E-state index in [0.29, 0.717) is 17.2 Å². The highest BCUT2D eigenvalue weighted by molar-refractivity contribution is 5.98. The number of nitrogens with zero attached hydrogens (tertiary/aromatic N) is 1. The van der Waals surface area contributed by atoms with Gasteiger partial charge in [0, 0.05) is 31.3 Å². The molecule has 5 nitrogen and oxygen atoms in total. The van der Waals surface area contributed by atoms with E-state index in [1.54, 1.807) is 0 Å². The van der Waals surface area contributed by atoms with Crippen LogP contribution in [0.2, 0.25) is 0 Å². The molecule has 5 heteroatoms. The van der Waals surface area contributed by atoms with Crippen molar-refractivity contribution >= 4 is 11.8 Å². The van der Waals surface area contributed by atoms with Crippen LogP contribution in [0.15, 0.2) is 24.3 Å². The Hall–Kier alpha value is -2.04. The molecule has 6 rings (SSSR count). The predicted molar refractivity (Wildman–Crippen MR) is 106 cm³/mol. The Balaban J connectivity index is 1.41. The number of hydrogen-bond donors (Lipinski definition) is 1. The van der Waals surface area contributed by atoms with Crippen molar-refractivity contribution in [3.8, 4) is 5.75 Å². The number of carbonyl (C=O) groups excluding carboxylic acids is 2. The topological polar surface area (TPSA) is 58.6 Å². The summed E-state index contributed by atoms with van der Waals surface area (Å²) in [5, 5.41) is 3.21.